The summed E-state index contributed by atoms with van der Waals surface area (Å²) in [6.07, 6.45) is 3.90. The molecule has 0 saturated carbocycles. The molecule has 2 N–H and O–H groups in total. The molecule has 6 nitrogen and oxygen atoms in total. The van der Waals surface area contributed by atoms with Crippen LogP contribution in [0.3, 0.4) is 0 Å². The number of rotatable bonds is 8. The maximum absolute atomic E-state index is 11.5. The predicted molar refractivity (Wildman–Crippen MR) is 70.2 cm³/mol. The average Bonchev–Trinajstić information content (AvgIpc) is 2.42. The second kappa shape index (κ2) is 9.04. The van der Waals surface area contributed by atoms with Crippen LogP contribution in [0.2, 0.25) is 0 Å². The van der Waals surface area contributed by atoms with E-state index in [9.17, 15) is 9.59 Å². The van der Waals surface area contributed by atoms with Crippen molar-refractivity contribution < 1.29 is 14.3 Å². The van der Waals surface area contributed by atoms with Crippen LogP contribution in [0.5, 0.6) is 0 Å². The second-order valence-corrected chi connectivity index (χ2v) is 4.01. The third kappa shape index (κ3) is 7.15. The third-order valence-corrected chi connectivity index (χ3v) is 2.41. The number of hydrogen-bond acceptors (Lipinski definition) is 4. The highest BCUT2D eigenvalue weighted by molar-refractivity contribution is 5.96. The second-order valence-electron chi connectivity index (χ2n) is 4.01. The molecule has 2 amide bonds. The number of aromatic nitrogens is 1. The lowest BCUT2D eigenvalue weighted by molar-refractivity contribution is -0.129. The van der Waals surface area contributed by atoms with E-state index in [1.807, 2.05) is 12.1 Å². The van der Waals surface area contributed by atoms with E-state index in [-0.39, 0.29) is 18.2 Å². The summed E-state index contributed by atoms with van der Waals surface area (Å²) in [5.74, 6) is -0.565. The zero-order valence-electron chi connectivity index (χ0n) is 11.0. The molecule has 0 atom stereocenters. The fourth-order valence-corrected chi connectivity index (χ4v) is 1.42. The van der Waals surface area contributed by atoms with Gasteiger partial charge in [0, 0.05) is 39.2 Å². The molecule has 0 bridgehead atoms. The first kappa shape index (κ1) is 15.1. The number of nitrogens with zero attached hydrogens (tertiary/aromatic N) is 1. The molecule has 1 aromatic heterocycles. The minimum absolute atomic E-state index is 0.155. The number of carbonyl (C=O) groups excluding carboxylic acids is 2. The topological polar surface area (TPSA) is 80.3 Å². The molecular weight excluding hydrogens is 246 g/mol. The lowest BCUT2D eigenvalue weighted by atomic mass is 10.2. The molecule has 1 heterocycles. The van der Waals surface area contributed by atoms with Crippen LogP contribution >= 0.6 is 0 Å². The average molecular weight is 265 g/mol. The molecule has 1 rings (SSSR count). The van der Waals surface area contributed by atoms with Crippen LogP contribution in [0.4, 0.5) is 0 Å². The van der Waals surface area contributed by atoms with E-state index in [0.29, 0.717) is 19.7 Å². The molecule has 0 aliphatic rings. The standard InChI is InChI=1S/C13H19N3O3/c1-19-8-2-5-15-12(17)9-13(18)16-10-11-3-6-14-7-4-11/h3-4,6-7H,2,5,8-10H2,1H3,(H,15,17)(H,16,18). The van der Waals surface area contributed by atoms with Crippen molar-refractivity contribution >= 4 is 11.8 Å². The van der Waals surface area contributed by atoms with Gasteiger partial charge in [-0.2, -0.15) is 0 Å². The van der Waals surface area contributed by atoms with Crippen LogP contribution in [0.15, 0.2) is 24.5 Å². The molecule has 19 heavy (non-hydrogen) atoms. The van der Waals surface area contributed by atoms with Gasteiger partial charge in [0.15, 0.2) is 0 Å². The Labute approximate surface area is 112 Å². The highest BCUT2D eigenvalue weighted by Crippen LogP contribution is 1.95. The fourth-order valence-electron chi connectivity index (χ4n) is 1.42. The number of amides is 2. The van der Waals surface area contributed by atoms with Gasteiger partial charge in [0.2, 0.25) is 11.8 Å². The molecule has 0 fully saturated rings. The summed E-state index contributed by atoms with van der Waals surface area (Å²) in [7, 11) is 1.61. The van der Waals surface area contributed by atoms with E-state index < -0.39 is 0 Å². The van der Waals surface area contributed by atoms with E-state index in [2.05, 4.69) is 15.6 Å². The number of hydrogen-bond donors (Lipinski definition) is 2. The molecular formula is C13H19N3O3. The van der Waals surface area contributed by atoms with Crippen molar-refractivity contribution in [2.75, 3.05) is 20.3 Å². The van der Waals surface area contributed by atoms with E-state index >= 15 is 0 Å². The summed E-state index contributed by atoms with van der Waals surface area (Å²) in [4.78, 5) is 26.8. The van der Waals surface area contributed by atoms with Crippen molar-refractivity contribution in [2.45, 2.75) is 19.4 Å². The van der Waals surface area contributed by atoms with E-state index in [1.54, 1.807) is 19.5 Å². The van der Waals surface area contributed by atoms with Gasteiger partial charge < -0.3 is 15.4 Å². The zero-order chi connectivity index (χ0) is 13.9. The largest absolute Gasteiger partial charge is 0.385 e. The van der Waals surface area contributed by atoms with E-state index in [4.69, 9.17) is 4.74 Å². The van der Waals surface area contributed by atoms with Gasteiger partial charge in [-0.1, -0.05) is 0 Å². The minimum Gasteiger partial charge on any atom is -0.385 e. The first-order chi connectivity index (χ1) is 9.22. The maximum atomic E-state index is 11.5. The minimum atomic E-state index is -0.291. The molecule has 0 unspecified atom stereocenters. The Balaban J connectivity index is 2.15. The monoisotopic (exact) mass is 265 g/mol. The smallest absolute Gasteiger partial charge is 0.229 e. The van der Waals surface area contributed by atoms with Gasteiger partial charge in [0.05, 0.1) is 0 Å². The summed E-state index contributed by atoms with van der Waals surface area (Å²) in [5, 5.41) is 5.34. The lowest BCUT2D eigenvalue weighted by Crippen LogP contribution is -2.32. The van der Waals surface area contributed by atoms with Gasteiger partial charge >= 0.3 is 0 Å². The molecule has 0 spiro atoms. The number of nitrogens with one attached hydrogen (secondary N) is 2. The maximum Gasteiger partial charge on any atom is 0.229 e. The fraction of sp³-hybridized carbons (Fsp3) is 0.462. The van der Waals surface area contributed by atoms with Gasteiger partial charge in [-0.05, 0) is 24.1 Å². The van der Waals surface area contributed by atoms with Crippen molar-refractivity contribution in [2.24, 2.45) is 0 Å². The summed E-state index contributed by atoms with van der Waals surface area (Å²) in [5.41, 5.74) is 0.948. The molecule has 6 heteroatoms. The quantitative estimate of drug-likeness (QED) is 0.521. The van der Waals surface area contributed by atoms with Gasteiger partial charge in [0.1, 0.15) is 6.42 Å². The Hall–Kier alpha value is -1.95. The molecule has 1 aromatic rings. The summed E-state index contributed by atoms with van der Waals surface area (Å²) < 4.78 is 4.86. The van der Waals surface area contributed by atoms with Crippen molar-refractivity contribution in [3.05, 3.63) is 30.1 Å². The van der Waals surface area contributed by atoms with E-state index in [1.165, 1.54) is 0 Å². The van der Waals surface area contributed by atoms with Crippen molar-refractivity contribution in [3.8, 4) is 0 Å². The number of ether oxygens (including phenoxy) is 1. The van der Waals surface area contributed by atoms with Crippen LogP contribution < -0.4 is 10.6 Å². The van der Waals surface area contributed by atoms with Crippen LogP contribution in [-0.2, 0) is 20.9 Å². The highest BCUT2D eigenvalue weighted by Gasteiger charge is 2.08. The Morgan fingerprint density at radius 1 is 1.21 bits per heavy atom. The Kier molecular flexibility index (Phi) is 7.19. The van der Waals surface area contributed by atoms with Crippen molar-refractivity contribution in [3.63, 3.8) is 0 Å². The SMILES string of the molecule is COCCCNC(=O)CC(=O)NCc1ccncc1. The Morgan fingerprint density at radius 3 is 2.58 bits per heavy atom. The van der Waals surface area contributed by atoms with E-state index in [0.717, 1.165) is 12.0 Å². The molecule has 0 aliphatic carbocycles. The van der Waals surface area contributed by atoms with Gasteiger partial charge in [-0.25, -0.2) is 0 Å². The molecule has 0 aliphatic heterocycles. The van der Waals surface area contributed by atoms with Crippen molar-refractivity contribution in [1.82, 2.24) is 15.6 Å². The lowest BCUT2D eigenvalue weighted by Gasteiger charge is -2.06. The Morgan fingerprint density at radius 2 is 1.89 bits per heavy atom. The zero-order valence-corrected chi connectivity index (χ0v) is 11.0. The third-order valence-electron chi connectivity index (χ3n) is 2.41. The highest BCUT2D eigenvalue weighted by atomic mass is 16.5. The first-order valence-electron chi connectivity index (χ1n) is 6.13. The van der Waals surface area contributed by atoms with Crippen molar-refractivity contribution in [1.29, 1.82) is 0 Å². The molecule has 0 radical (unpaired) electrons. The molecule has 104 valence electrons. The molecule has 0 saturated heterocycles. The van der Waals surface area contributed by atoms with Crippen LogP contribution in [0.25, 0.3) is 0 Å². The van der Waals surface area contributed by atoms with Crippen LogP contribution in [-0.4, -0.2) is 37.1 Å². The summed E-state index contributed by atoms with van der Waals surface area (Å²) >= 11 is 0. The normalized spacial score (nSPS) is 9.95. The molecule has 0 aromatic carbocycles. The van der Waals surface area contributed by atoms with Gasteiger partial charge in [0.25, 0.3) is 0 Å². The van der Waals surface area contributed by atoms with Crippen LogP contribution in [0.1, 0.15) is 18.4 Å². The van der Waals surface area contributed by atoms with Crippen LogP contribution in [0, 0.1) is 0 Å². The van der Waals surface area contributed by atoms with Gasteiger partial charge in [-0.3, -0.25) is 14.6 Å². The summed E-state index contributed by atoms with van der Waals surface area (Å²) in [6, 6.07) is 3.62. The Bertz CT molecular complexity index is 395. The number of methoxy groups -OCH3 is 1. The predicted octanol–water partition coefficient (Wildman–Crippen LogP) is 0.241. The first-order valence-corrected chi connectivity index (χ1v) is 6.13. The van der Waals surface area contributed by atoms with Gasteiger partial charge in [-0.15, -0.1) is 0 Å². The number of carbonyl (C=O) groups is 2. The summed E-state index contributed by atoms with van der Waals surface area (Å²) in [6.45, 7) is 1.51. The number of pyridine rings is 1.